The van der Waals surface area contributed by atoms with Crippen molar-refractivity contribution in [2.24, 2.45) is 7.05 Å². The van der Waals surface area contributed by atoms with Gasteiger partial charge in [-0.2, -0.15) is 5.10 Å². The van der Waals surface area contributed by atoms with Crippen molar-refractivity contribution in [3.8, 4) is 0 Å². The second kappa shape index (κ2) is 5.41. The SMILES string of the molecule is Clc1ncccn1.Cn1ncc2ccccc21. The monoisotopic (exact) mass is 246 g/mol. The highest BCUT2D eigenvalue weighted by Crippen LogP contribution is 2.10. The first kappa shape index (κ1) is 11.5. The summed E-state index contributed by atoms with van der Waals surface area (Å²) in [6.07, 6.45) is 5.06. The maximum atomic E-state index is 5.32. The van der Waals surface area contributed by atoms with Gasteiger partial charge in [-0.25, -0.2) is 9.97 Å². The van der Waals surface area contributed by atoms with Gasteiger partial charge in [0.25, 0.3) is 0 Å². The number of nitrogens with zero attached hydrogens (tertiary/aromatic N) is 4. The van der Waals surface area contributed by atoms with E-state index in [0.717, 1.165) is 0 Å². The lowest BCUT2D eigenvalue weighted by Gasteiger charge is -1.90. The quantitative estimate of drug-likeness (QED) is 0.573. The normalized spacial score (nSPS) is 9.76. The van der Waals surface area contributed by atoms with Crippen molar-refractivity contribution in [1.82, 2.24) is 19.7 Å². The van der Waals surface area contributed by atoms with Gasteiger partial charge in [0, 0.05) is 24.8 Å². The average Bonchev–Trinajstić information content (AvgIpc) is 2.74. The molecule has 3 rings (SSSR count). The summed E-state index contributed by atoms with van der Waals surface area (Å²) in [5.74, 6) is 0. The molecule has 2 aromatic heterocycles. The number of benzene rings is 1. The van der Waals surface area contributed by atoms with Crippen LogP contribution in [0.15, 0.2) is 48.9 Å². The van der Waals surface area contributed by atoms with E-state index in [9.17, 15) is 0 Å². The molecule has 0 radical (unpaired) electrons. The third kappa shape index (κ3) is 3.01. The zero-order chi connectivity index (χ0) is 12.1. The van der Waals surface area contributed by atoms with Crippen molar-refractivity contribution in [2.45, 2.75) is 0 Å². The number of hydrogen-bond donors (Lipinski definition) is 0. The Morgan fingerprint density at radius 1 is 1.06 bits per heavy atom. The lowest BCUT2D eigenvalue weighted by Crippen LogP contribution is -1.87. The fourth-order valence-electron chi connectivity index (χ4n) is 1.38. The molecule has 0 aliphatic rings. The van der Waals surface area contributed by atoms with Crippen molar-refractivity contribution in [2.75, 3.05) is 0 Å². The number of aromatic nitrogens is 4. The summed E-state index contributed by atoms with van der Waals surface area (Å²) in [5.41, 5.74) is 1.18. The lowest BCUT2D eigenvalue weighted by molar-refractivity contribution is 0.797. The van der Waals surface area contributed by atoms with Gasteiger partial charge in [0.2, 0.25) is 5.28 Å². The van der Waals surface area contributed by atoms with Crippen LogP contribution in [-0.4, -0.2) is 19.7 Å². The molecule has 0 aliphatic heterocycles. The van der Waals surface area contributed by atoms with Gasteiger partial charge in [-0.1, -0.05) is 18.2 Å². The molecule has 0 saturated heterocycles. The standard InChI is InChI=1S/C8H8N2.C4H3ClN2/c1-10-8-5-3-2-4-7(8)6-9-10;5-4-6-2-1-3-7-4/h2-6H,1H3;1-3H. The van der Waals surface area contributed by atoms with Crippen LogP contribution >= 0.6 is 11.6 Å². The molecule has 0 saturated carbocycles. The molecule has 0 amide bonds. The van der Waals surface area contributed by atoms with Crippen LogP contribution < -0.4 is 0 Å². The number of fused-ring (bicyclic) bond motifs is 1. The Hall–Kier alpha value is -1.94. The maximum Gasteiger partial charge on any atom is 0.222 e. The first-order chi connectivity index (χ1) is 8.27. The third-order valence-corrected chi connectivity index (χ3v) is 2.38. The van der Waals surface area contributed by atoms with E-state index in [2.05, 4.69) is 27.2 Å². The summed E-state index contributed by atoms with van der Waals surface area (Å²) in [6, 6.07) is 9.87. The van der Waals surface area contributed by atoms with Gasteiger partial charge in [0.1, 0.15) is 0 Å². The van der Waals surface area contributed by atoms with Crippen LogP contribution in [0.4, 0.5) is 0 Å². The van der Waals surface area contributed by atoms with Crippen LogP contribution in [-0.2, 0) is 7.05 Å². The molecule has 0 atom stereocenters. The van der Waals surface area contributed by atoms with Crippen molar-refractivity contribution >= 4 is 22.5 Å². The van der Waals surface area contributed by atoms with Crippen LogP contribution in [0.5, 0.6) is 0 Å². The van der Waals surface area contributed by atoms with Gasteiger partial charge < -0.3 is 0 Å². The van der Waals surface area contributed by atoms with Crippen LogP contribution in [0.3, 0.4) is 0 Å². The minimum atomic E-state index is 0.294. The topological polar surface area (TPSA) is 43.6 Å². The molecule has 0 unspecified atom stereocenters. The van der Waals surface area contributed by atoms with E-state index in [1.54, 1.807) is 18.5 Å². The third-order valence-electron chi connectivity index (χ3n) is 2.19. The number of halogens is 1. The first-order valence-electron chi connectivity index (χ1n) is 5.06. The lowest BCUT2D eigenvalue weighted by atomic mass is 10.3. The molecule has 2 heterocycles. The molecular weight excluding hydrogens is 236 g/mol. The Morgan fingerprint density at radius 2 is 1.76 bits per heavy atom. The fraction of sp³-hybridized carbons (Fsp3) is 0.0833. The van der Waals surface area contributed by atoms with E-state index in [0.29, 0.717) is 5.28 Å². The maximum absolute atomic E-state index is 5.32. The van der Waals surface area contributed by atoms with E-state index in [4.69, 9.17) is 11.6 Å². The highest BCUT2D eigenvalue weighted by atomic mass is 35.5. The predicted octanol–water partition coefficient (Wildman–Crippen LogP) is 2.70. The molecule has 0 N–H and O–H groups in total. The van der Waals surface area contributed by atoms with E-state index in [1.165, 1.54) is 10.9 Å². The summed E-state index contributed by atoms with van der Waals surface area (Å²) >= 11 is 5.32. The molecule has 4 nitrogen and oxygen atoms in total. The van der Waals surface area contributed by atoms with Crippen LogP contribution in [0, 0.1) is 0 Å². The Labute approximate surface area is 104 Å². The fourth-order valence-corrected chi connectivity index (χ4v) is 1.50. The largest absolute Gasteiger partial charge is 0.268 e. The van der Waals surface area contributed by atoms with Crippen molar-refractivity contribution < 1.29 is 0 Å². The Bertz CT molecular complexity index is 592. The average molecular weight is 247 g/mol. The van der Waals surface area contributed by atoms with Gasteiger partial charge in [-0.3, -0.25) is 4.68 Å². The van der Waals surface area contributed by atoms with Gasteiger partial charge in [0.05, 0.1) is 11.7 Å². The molecule has 1 aromatic carbocycles. The summed E-state index contributed by atoms with van der Waals surface area (Å²) in [5, 5.41) is 5.61. The summed E-state index contributed by atoms with van der Waals surface area (Å²) < 4.78 is 1.87. The zero-order valence-corrected chi connectivity index (χ0v) is 10.0. The van der Waals surface area contributed by atoms with Gasteiger partial charge in [0.15, 0.2) is 0 Å². The summed E-state index contributed by atoms with van der Waals surface area (Å²) in [4.78, 5) is 7.27. The molecule has 0 aliphatic carbocycles. The van der Waals surface area contributed by atoms with E-state index in [-0.39, 0.29) is 0 Å². The molecule has 0 spiro atoms. The number of hydrogen-bond acceptors (Lipinski definition) is 3. The number of aryl methyl sites for hydroxylation is 1. The number of para-hydroxylation sites is 1. The molecule has 0 bridgehead atoms. The second-order valence-corrected chi connectivity index (χ2v) is 3.68. The highest BCUT2D eigenvalue weighted by molar-refractivity contribution is 6.28. The van der Waals surface area contributed by atoms with Crippen LogP contribution in [0.25, 0.3) is 10.9 Å². The molecule has 3 aromatic rings. The first-order valence-corrected chi connectivity index (χ1v) is 5.44. The van der Waals surface area contributed by atoms with E-state index in [1.807, 2.05) is 30.1 Å². The van der Waals surface area contributed by atoms with E-state index < -0.39 is 0 Å². The molecule has 5 heteroatoms. The minimum Gasteiger partial charge on any atom is -0.268 e. The van der Waals surface area contributed by atoms with Gasteiger partial charge >= 0.3 is 0 Å². The summed E-state index contributed by atoms with van der Waals surface area (Å²) in [6.45, 7) is 0. The Morgan fingerprint density at radius 3 is 2.35 bits per heavy atom. The Balaban J connectivity index is 0.000000136. The molecule has 86 valence electrons. The highest BCUT2D eigenvalue weighted by Gasteiger charge is 1.93. The minimum absolute atomic E-state index is 0.294. The van der Waals surface area contributed by atoms with Crippen LogP contribution in [0.1, 0.15) is 0 Å². The molecule has 17 heavy (non-hydrogen) atoms. The van der Waals surface area contributed by atoms with Gasteiger partial charge in [-0.15, -0.1) is 0 Å². The molecule has 0 fully saturated rings. The van der Waals surface area contributed by atoms with Crippen LogP contribution in [0.2, 0.25) is 5.28 Å². The number of rotatable bonds is 0. The van der Waals surface area contributed by atoms with Gasteiger partial charge in [-0.05, 0) is 23.7 Å². The Kier molecular flexibility index (Phi) is 3.67. The van der Waals surface area contributed by atoms with E-state index >= 15 is 0 Å². The predicted molar refractivity (Wildman–Crippen MR) is 67.8 cm³/mol. The van der Waals surface area contributed by atoms with Crippen molar-refractivity contribution in [1.29, 1.82) is 0 Å². The second-order valence-electron chi connectivity index (χ2n) is 3.34. The summed E-state index contributed by atoms with van der Waals surface area (Å²) in [7, 11) is 1.95. The molecular formula is C12H11ClN4. The van der Waals surface area contributed by atoms with Crippen molar-refractivity contribution in [3.05, 3.63) is 54.2 Å². The zero-order valence-electron chi connectivity index (χ0n) is 9.29. The smallest absolute Gasteiger partial charge is 0.222 e. The van der Waals surface area contributed by atoms with Crippen molar-refractivity contribution in [3.63, 3.8) is 0 Å².